The van der Waals surface area contributed by atoms with E-state index in [1.165, 1.54) is 18.4 Å². The van der Waals surface area contributed by atoms with E-state index in [0.29, 0.717) is 17.4 Å². The summed E-state index contributed by atoms with van der Waals surface area (Å²) >= 11 is 0. The smallest absolute Gasteiger partial charge is 0.256 e. The van der Waals surface area contributed by atoms with Crippen LogP contribution < -0.4 is 5.32 Å². The lowest BCUT2D eigenvalue weighted by Gasteiger charge is -2.20. The Morgan fingerprint density at radius 1 is 1.08 bits per heavy atom. The minimum atomic E-state index is 0.0391. The summed E-state index contributed by atoms with van der Waals surface area (Å²) in [7, 11) is 0. The number of hydrogen-bond donors (Lipinski definition) is 1. The number of amides is 1. The summed E-state index contributed by atoms with van der Waals surface area (Å²) in [5, 5.41) is 3.33. The van der Waals surface area contributed by atoms with E-state index in [4.69, 9.17) is 0 Å². The summed E-state index contributed by atoms with van der Waals surface area (Å²) in [4.78, 5) is 23.3. The second-order valence-electron chi connectivity index (χ2n) is 7.32. The molecule has 1 saturated heterocycles. The Morgan fingerprint density at radius 3 is 2.35 bits per heavy atom. The fourth-order valence-electron chi connectivity index (χ4n) is 3.41. The van der Waals surface area contributed by atoms with Crippen LogP contribution in [0.5, 0.6) is 0 Å². The number of nitrogens with one attached hydrogen (secondary N) is 1. The minimum absolute atomic E-state index is 0.0391. The third-order valence-corrected chi connectivity index (χ3v) is 4.96. The van der Waals surface area contributed by atoms with E-state index in [-0.39, 0.29) is 5.91 Å². The Bertz CT molecular complexity index is 747. The first-order valence-corrected chi connectivity index (χ1v) is 9.54. The predicted molar refractivity (Wildman–Crippen MR) is 105 cm³/mol. The summed E-state index contributed by atoms with van der Waals surface area (Å²) in [5.41, 5.74) is 4.00. The Hall–Kier alpha value is -2.43. The van der Waals surface area contributed by atoms with Crippen LogP contribution in [0.1, 0.15) is 66.9 Å². The average molecular weight is 352 g/mol. The summed E-state index contributed by atoms with van der Waals surface area (Å²) in [5.74, 6) is 0.965. The van der Waals surface area contributed by atoms with Crippen molar-refractivity contribution in [2.24, 2.45) is 0 Å². The van der Waals surface area contributed by atoms with Crippen molar-refractivity contribution in [2.45, 2.75) is 52.4 Å². The maximum Gasteiger partial charge on any atom is 0.256 e. The van der Waals surface area contributed by atoms with Gasteiger partial charge in [0.25, 0.3) is 5.91 Å². The molecule has 2 aromatic rings. The zero-order valence-corrected chi connectivity index (χ0v) is 16.0. The minimum Gasteiger partial charge on any atom is -0.339 e. The molecule has 1 fully saturated rings. The number of aromatic nitrogens is 2. The van der Waals surface area contributed by atoms with Crippen molar-refractivity contribution >= 4 is 17.5 Å². The molecule has 1 aliphatic heterocycles. The summed E-state index contributed by atoms with van der Waals surface area (Å²) in [6, 6.07) is 6.27. The van der Waals surface area contributed by atoms with Gasteiger partial charge < -0.3 is 10.2 Å². The molecule has 2 heterocycles. The molecule has 0 unspecified atom stereocenters. The quantitative estimate of drug-likeness (QED) is 0.869. The molecule has 1 aromatic carbocycles. The molecule has 0 saturated carbocycles. The first-order chi connectivity index (χ1) is 12.6. The SMILES string of the molecule is Cc1cccc(C(C)C)c1Nc1ncc(C(=O)N2CCCCCC2)cn1. The third-order valence-electron chi connectivity index (χ3n) is 4.96. The number of rotatable bonds is 4. The molecule has 0 radical (unpaired) electrons. The molecule has 1 aromatic heterocycles. The number of likely N-dealkylation sites (tertiary alicyclic amines) is 1. The highest BCUT2D eigenvalue weighted by Crippen LogP contribution is 2.29. The topological polar surface area (TPSA) is 58.1 Å². The monoisotopic (exact) mass is 352 g/mol. The maximum atomic E-state index is 12.6. The first kappa shape index (κ1) is 18.4. The molecule has 0 atom stereocenters. The maximum absolute atomic E-state index is 12.6. The van der Waals surface area contributed by atoms with Gasteiger partial charge in [0.15, 0.2) is 0 Å². The van der Waals surface area contributed by atoms with Crippen LogP contribution in [0.3, 0.4) is 0 Å². The molecule has 3 rings (SSSR count). The lowest BCUT2D eigenvalue weighted by molar-refractivity contribution is 0.0761. The number of carbonyl (C=O) groups is 1. The molecule has 1 amide bonds. The number of nitrogens with zero attached hydrogens (tertiary/aromatic N) is 3. The number of aryl methyl sites for hydroxylation is 1. The van der Waals surface area contributed by atoms with Crippen LogP contribution in [-0.2, 0) is 0 Å². The van der Waals surface area contributed by atoms with Gasteiger partial charge >= 0.3 is 0 Å². The Labute approximate surface area is 155 Å². The summed E-state index contributed by atoms with van der Waals surface area (Å²) in [6.07, 6.45) is 7.84. The fraction of sp³-hybridized carbons (Fsp3) is 0.476. The molecule has 0 spiro atoms. The van der Waals surface area contributed by atoms with E-state index in [1.807, 2.05) is 4.90 Å². The van der Waals surface area contributed by atoms with Crippen molar-refractivity contribution in [3.8, 4) is 0 Å². The lowest BCUT2D eigenvalue weighted by atomic mass is 9.98. The number of benzene rings is 1. The van der Waals surface area contributed by atoms with Gasteiger partial charge in [-0.05, 0) is 36.8 Å². The molecule has 138 valence electrons. The van der Waals surface area contributed by atoms with E-state index in [2.05, 4.69) is 54.3 Å². The van der Waals surface area contributed by atoms with Crippen molar-refractivity contribution in [1.82, 2.24) is 14.9 Å². The molecule has 0 bridgehead atoms. The first-order valence-electron chi connectivity index (χ1n) is 9.54. The summed E-state index contributed by atoms with van der Waals surface area (Å²) < 4.78 is 0. The zero-order valence-electron chi connectivity index (χ0n) is 16.0. The number of anilines is 2. The van der Waals surface area contributed by atoms with Crippen molar-refractivity contribution in [3.05, 3.63) is 47.3 Å². The molecule has 5 nitrogen and oxygen atoms in total. The van der Waals surface area contributed by atoms with Gasteiger partial charge in [-0.2, -0.15) is 0 Å². The highest BCUT2D eigenvalue weighted by Gasteiger charge is 2.18. The van der Waals surface area contributed by atoms with Crippen LogP contribution in [0.15, 0.2) is 30.6 Å². The second-order valence-corrected chi connectivity index (χ2v) is 7.32. The van der Waals surface area contributed by atoms with Crippen molar-refractivity contribution < 1.29 is 4.79 Å². The lowest BCUT2D eigenvalue weighted by Crippen LogP contribution is -2.32. The van der Waals surface area contributed by atoms with Gasteiger partial charge in [0, 0.05) is 31.2 Å². The van der Waals surface area contributed by atoms with Crippen LogP contribution in [0, 0.1) is 6.92 Å². The number of hydrogen-bond acceptors (Lipinski definition) is 4. The molecular formula is C21H28N4O. The molecule has 1 N–H and O–H groups in total. The molecule has 26 heavy (non-hydrogen) atoms. The van der Waals surface area contributed by atoms with E-state index < -0.39 is 0 Å². The van der Waals surface area contributed by atoms with Gasteiger partial charge in [-0.15, -0.1) is 0 Å². The second kappa shape index (κ2) is 8.30. The van der Waals surface area contributed by atoms with E-state index in [9.17, 15) is 4.79 Å². The van der Waals surface area contributed by atoms with Crippen LogP contribution in [0.25, 0.3) is 0 Å². The standard InChI is InChI=1S/C21H28N4O/c1-15(2)18-10-8-9-16(3)19(18)24-21-22-13-17(14-23-21)20(26)25-11-6-4-5-7-12-25/h8-10,13-15H,4-7,11-12H2,1-3H3,(H,22,23,24). The Balaban J connectivity index is 1.75. The molecular weight excluding hydrogens is 324 g/mol. The Kier molecular flexibility index (Phi) is 5.86. The van der Waals surface area contributed by atoms with Gasteiger partial charge in [0.05, 0.1) is 5.56 Å². The molecule has 0 aliphatic carbocycles. The zero-order chi connectivity index (χ0) is 18.5. The number of para-hydroxylation sites is 1. The van der Waals surface area contributed by atoms with Crippen molar-refractivity contribution in [2.75, 3.05) is 18.4 Å². The van der Waals surface area contributed by atoms with E-state index in [0.717, 1.165) is 37.2 Å². The normalized spacial score (nSPS) is 15.0. The van der Waals surface area contributed by atoms with Crippen molar-refractivity contribution in [1.29, 1.82) is 0 Å². The Morgan fingerprint density at radius 2 is 1.73 bits per heavy atom. The van der Waals surface area contributed by atoms with Gasteiger partial charge in [0.1, 0.15) is 0 Å². The van der Waals surface area contributed by atoms with Crippen LogP contribution in [-0.4, -0.2) is 33.9 Å². The van der Waals surface area contributed by atoms with Gasteiger partial charge in [0.2, 0.25) is 5.95 Å². The number of carbonyl (C=O) groups excluding carboxylic acids is 1. The van der Waals surface area contributed by atoms with Gasteiger partial charge in [-0.1, -0.05) is 44.9 Å². The van der Waals surface area contributed by atoms with Crippen molar-refractivity contribution in [3.63, 3.8) is 0 Å². The highest BCUT2D eigenvalue weighted by atomic mass is 16.2. The van der Waals surface area contributed by atoms with Crippen LogP contribution in [0.4, 0.5) is 11.6 Å². The predicted octanol–water partition coefficient (Wildman–Crippen LogP) is 4.67. The van der Waals surface area contributed by atoms with Gasteiger partial charge in [-0.3, -0.25) is 4.79 Å². The highest BCUT2D eigenvalue weighted by molar-refractivity contribution is 5.93. The van der Waals surface area contributed by atoms with E-state index >= 15 is 0 Å². The third kappa shape index (κ3) is 4.21. The van der Waals surface area contributed by atoms with Crippen LogP contribution >= 0.6 is 0 Å². The molecule has 5 heteroatoms. The van der Waals surface area contributed by atoms with Gasteiger partial charge in [-0.25, -0.2) is 9.97 Å². The van der Waals surface area contributed by atoms with E-state index in [1.54, 1.807) is 12.4 Å². The fourth-order valence-corrected chi connectivity index (χ4v) is 3.41. The van der Waals surface area contributed by atoms with Crippen LogP contribution in [0.2, 0.25) is 0 Å². The summed E-state index contributed by atoms with van der Waals surface area (Å²) in [6.45, 7) is 8.08. The average Bonchev–Trinajstić information content (AvgIpc) is 2.92. The largest absolute Gasteiger partial charge is 0.339 e. The molecule has 1 aliphatic rings.